The Labute approximate surface area is 80.4 Å². The monoisotopic (exact) mass is 187 g/mol. The second kappa shape index (κ2) is 5.58. The van der Waals surface area contributed by atoms with Crippen LogP contribution in [-0.4, -0.2) is 47.5 Å². The molecule has 0 spiro atoms. The maximum atomic E-state index is 9.82. The normalized spacial score (nSPS) is 30.5. The third kappa shape index (κ3) is 3.25. The van der Waals surface area contributed by atoms with Crippen molar-refractivity contribution in [3.63, 3.8) is 0 Å². The predicted octanol–water partition coefficient (Wildman–Crippen LogP) is 0.604. The average molecular weight is 187 g/mol. The van der Waals surface area contributed by atoms with Crippen molar-refractivity contribution in [3.05, 3.63) is 0 Å². The van der Waals surface area contributed by atoms with Crippen LogP contribution in [0.4, 0.5) is 0 Å². The van der Waals surface area contributed by atoms with Gasteiger partial charge in [0.05, 0.1) is 12.7 Å². The van der Waals surface area contributed by atoms with Crippen molar-refractivity contribution < 1.29 is 10.2 Å². The van der Waals surface area contributed by atoms with Gasteiger partial charge in [0.25, 0.3) is 0 Å². The maximum absolute atomic E-state index is 9.82. The van der Waals surface area contributed by atoms with Crippen molar-refractivity contribution >= 4 is 0 Å². The van der Waals surface area contributed by atoms with E-state index in [2.05, 4.69) is 4.90 Å². The standard InChI is InChI=1S/C10H21NO2/c1-11(7-8-12)9-5-3-2-4-6-10(9)13/h9-10,12-13H,2-8H2,1H3. The van der Waals surface area contributed by atoms with Crippen LogP contribution >= 0.6 is 0 Å². The third-order valence-electron chi connectivity index (χ3n) is 2.96. The number of rotatable bonds is 3. The summed E-state index contributed by atoms with van der Waals surface area (Å²) in [6.45, 7) is 0.849. The van der Waals surface area contributed by atoms with Crippen LogP contribution in [0.1, 0.15) is 32.1 Å². The van der Waals surface area contributed by atoms with Crippen LogP contribution in [0, 0.1) is 0 Å². The molecule has 0 radical (unpaired) electrons. The Morgan fingerprint density at radius 1 is 1.23 bits per heavy atom. The molecule has 78 valence electrons. The summed E-state index contributed by atoms with van der Waals surface area (Å²) in [5.74, 6) is 0. The first-order chi connectivity index (χ1) is 6.25. The zero-order valence-corrected chi connectivity index (χ0v) is 8.45. The van der Waals surface area contributed by atoms with Crippen LogP contribution in [0.15, 0.2) is 0 Å². The highest BCUT2D eigenvalue weighted by Gasteiger charge is 2.24. The molecule has 1 saturated carbocycles. The van der Waals surface area contributed by atoms with E-state index in [1.54, 1.807) is 0 Å². The Bertz CT molecular complexity index is 141. The molecular weight excluding hydrogens is 166 g/mol. The lowest BCUT2D eigenvalue weighted by Crippen LogP contribution is -2.41. The van der Waals surface area contributed by atoms with E-state index in [0.29, 0.717) is 6.54 Å². The van der Waals surface area contributed by atoms with E-state index >= 15 is 0 Å². The second-order valence-corrected chi connectivity index (χ2v) is 3.98. The van der Waals surface area contributed by atoms with Gasteiger partial charge in [0.2, 0.25) is 0 Å². The molecule has 13 heavy (non-hydrogen) atoms. The minimum Gasteiger partial charge on any atom is -0.395 e. The number of likely N-dealkylation sites (N-methyl/N-ethyl adjacent to an activating group) is 1. The van der Waals surface area contributed by atoms with Crippen molar-refractivity contribution in [1.82, 2.24) is 4.90 Å². The summed E-state index contributed by atoms with van der Waals surface area (Å²) in [7, 11) is 1.98. The number of hydrogen-bond acceptors (Lipinski definition) is 3. The first-order valence-corrected chi connectivity index (χ1v) is 5.25. The highest BCUT2D eigenvalue weighted by Crippen LogP contribution is 2.21. The van der Waals surface area contributed by atoms with Crippen LogP contribution in [0.25, 0.3) is 0 Å². The minimum atomic E-state index is -0.195. The van der Waals surface area contributed by atoms with Gasteiger partial charge >= 0.3 is 0 Å². The molecule has 0 aromatic rings. The van der Waals surface area contributed by atoms with Crippen LogP contribution in [0.5, 0.6) is 0 Å². The highest BCUT2D eigenvalue weighted by atomic mass is 16.3. The summed E-state index contributed by atoms with van der Waals surface area (Å²) in [5, 5.41) is 18.6. The highest BCUT2D eigenvalue weighted by molar-refractivity contribution is 4.79. The van der Waals surface area contributed by atoms with Crippen LogP contribution in [0.2, 0.25) is 0 Å². The van der Waals surface area contributed by atoms with Gasteiger partial charge in [-0.05, 0) is 19.9 Å². The molecule has 0 amide bonds. The van der Waals surface area contributed by atoms with E-state index in [-0.39, 0.29) is 18.8 Å². The number of aliphatic hydroxyl groups excluding tert-OH is 2. The SMILES string of the molecule is CN(CCO)C1CCCCCC1O. The molecule has 1 aliphatic carbocycles. The van der Waals surface area contributed by atoms with Gasteiger partial charge in [0.1, 0.15) is 0 Å². The lowest BCUT2D eigenvalue weighted by Gasteiger charge is -2.30. The van der Waals surface area contributed by atoms with E-state index in [1.165, 1.54) is 12.8 Å². The number of nitrogens with zero attached hydrogens (tertiary/aromatic N) is 1. The summed E-state index contributed by atoms with van der Waals surface area (Å²) >= 11 is 0. The average Bonchev–Trinajstić information content (AvgIpc) is 2.30. The first-order valence-electron chi connectivity index (χ1n) is 5.25. The van der Waals surface area contributed by atoms with Gasteiger partial charge in [-0.15, -0.1) is 0 Å². The van der Waals surface area contributed by atoms with Crippen LogP contribution in [-0.2, 0) is 0 Å². The Kier molecular flexibility index (Phi) is 4.70. The molecule has 1 fully saturated rings. The van der Waals surface area contributed by atoms with Gasteiger partial charge in [-0.25, -0.2) is 0 Å². The molecule has 2 N–H and O–H groups in total. The maximum Gasteiger partial charge on any atom is 0.0695 e. The van der Waals surface area contributed by atoms with Gasteiger partial charge in [-0.3, -0.25) is 4.90 Å². The molecule has 0 heterocycles. The molecule has 0 bridgehead atoms. The van der Waals surface area contributed by atoms with E-state index in [1.807, 2.05) is 7.05 Å². The Morgan fingerprint density at radius 3 is 2.62 bits per heavy atom. The third-order valence-corrected chi connectivity index (χ3v) is 2.96. The summed E-state index contributed by atoms with van der Waals surface area (Å²) in [5.41, 5.74) is 0. The topological polar surface area (TPSA) is 43.7 Å². The minimum absolute atomic E-state index is 0.180. The van der Waals surface area contributed by atoms with E-state index in [0.717, 1.165) is 19.3 Å². The molecule has 0 aliphatic heterocycles. The van der Waals surface area contributed by atoms with Gasteiger partial charge in [-0.2, -0.15) is 0 Å². The van der Waals surface area contributed by atoms with Crippen molar-refractivity contribution in [3.8, 4) is 0 Å². The zero-order chi connectivity index (χ0) is 9.68. The zero-order valence-electron chi connectivity index (χ0n) is 8.45. The van der Waals surface area contributed by atoms with Gasteiger partial charge in [-0.1, -0.05) is 19.3 Å². The molecule has 3 heteroatoms. The molecule has 2 unspecified atom stereocenters. The lowest BCUT2D eigenvalue weighted by molar-refractivity contribution is 0.0498. The molecule has 0 aromatic carbocycles. The smallest absolute Gasteiger partial charge is 0.0695 e. The Morgan fingerprint density at radius 2 is 1.92 bits per heavy atom. The summed E-state index contributed by atoms with van der Waals surface area (Å²) < 4.78 is 0. The number of hydrogen-bond donors (Lipinski definition) is 2. The van der Waals surface area contributed by atoms with Crippen molar-refractivity contribution in [2.75, 3.05) is 20.2 Å². The molecule has 0 aromatic heterocycles. The molecule has 1 rings (SSSR count). The van der Waals surface area contributed by atoms with Crippen LogP contribution < -0.4 is 0 Å². The predicted molar refractivity (Wildman–Crippen MR) is 52.6 cm³/mol. The van der Waals surface area contributed by atoms with Crippen molar-refractivity contribution in [1.29, 1.82) is 0 Å². The largest absolute Gasteiger partial charge is 0.395 e. The Hall–Kier alpha value is -0.120. The van der Waals surface area contributed by atoms with Crippen molar-refractivity contribution in [2.45, 2.75) is 44.2 Å². The second-order valence-electron chi connectivity index (χ2n) is 3.98. The Balaban J connectivity index is 2.43. The van der Waals surface area contributed by atoms with Crippen LogP contribution in [0.3, 0.4) is 0 Å². The number of aliphatic hydroxyl groups is 2. The fraction of sp³-hybridized carbons (Fsp3) is 1.00. The first kappa shape index (κ1) is 11.0. The fourth-order valence-electron chi connectivity index (χ4n) is 2.11. The van der Waals surface area contributed by atoms with E-state index in [4.69, 9.17) is 5.11 Å². The quantitative estimate of drug-likeness (QED) is 0.636. The van der Waals surface area contributed by atoms with Crippen molar-refractivity contribution in [2.24, 2.45) is 0 Å². The summed E-state index contributed by atoms with van der Waals surface area (Å²) in [6.07, 6.45) is 5.37. The lowest BCUT2D eigenvalue weighted by atomic mass is 10.1. The molecule has 3 nitrogen and oxygen atoms in total. The molecule has 1 aliphatic rings. The van der Waals surface area contributed by atoms with E-state index < -0.39 is 0 Å². The van der Waals surface area contributed by atoms with E-state index in [9.17, 15) is 5.11 Å². The van der Waals surface area contributed by atoms with Gasteiger partial charge < -0.3 is 10.2 Å². The molecule has 0 saturated heterocycles. The van der Waals surface area contributed by atoms with Gasteiger partial charge in [0, 0.05) is 12.6 Å². The summed E-state index contributed by atoms with van der Waals surface area (Å²) in [4.78, 5) is 2.08. The molecular formula is C10H21NO2. The summed E-state index contributed by atoms with van der Waals surface area (Å²) in [6, 6.07) is 0.259. The fourth-order valence-corrected chi connectivity index (χ4v) is 2.11. The van der Waals surface area contributed by atoms with Gasteiger partial charge in [0.15, 0.2) is 0 Å². The molecule has 2 atom stereocenters.